The molecule has 2 heterocycles. The molecule has 48 heavy (non-hydrogen) atoms. The Labute approximate surface area is 284 Å². The van der Waals surface area contributed by atoms with Gasteiger partial charge in [0.05, 0.1) is 11.4 Å². The first-order valence-electron chi connectivity index (χ1n) is 17.0. The summed E-state index contributed by atoms with van der Waals surface area (Å²) in [6.45, 7) is 0. The van der Waals surface area contributed by atoms with E-state index in [9.17, 15) is 0 Å². The number of benzene rings is 5. The quantitative estimate of drug-likeness (QED) is 0.136. The Balaban J connectivity index is 1.05. The Hall–Kier alpha value is -5.60. The van der Waals surface area contributed by atoms with Gasteiger partial charge in [-0.1, -0.05) is 146 Å². The van der Waals surface area contributed by atoms with Gasteiger partial charge in [0.2, 0.25) is 0 Å². The molecular weight excluding hydrogens is 581 g/mol. The van der Waals surface area contributed by atoms with Gasteiger partial charge in [-0.25, -0.2) is 0 Å². The Morgan fingerprint density at radius 2 is 0.604 bits per heavy atom. The fourth-order valence-corrected chi connectivity index (χ4v) is 6.34. The molecule has 0 fully saturated rings. The van der Waals surface area contributed by atoms with E-state index in [0.717, 1.165) is 61.0 Å². The van der Waals surface area contributed by atoms with Crippen LogP contribution >= 0.6 is 0 Å². The van der Waals surface area contributed by atoms with E-state index >= 15 is 0 Å². The number of pyridine rings is 2. The fraction of sp³-hybridized carbons (Fsp3) is 0.130. The van der Waals surface area contributed by atoms with Crippen molar-refractivity contribution < 1.29 is 0 Å². The minimum absolute atomic E-state index is 0.969. The lowest BCUT2D eigenvalue weighted by Gasteiger charge is -2.12. The summed E-state index contributed by atoms with van der Waals surface area (Å²) in [5.74, 6) is 0. The predicted molar refractivity (Wildman–Crippen MR) is 200 cm³/mol. The van der Waals surface area contributed by atoms with E-state index in [2.05, 4.69) is 146 Å². The van der Waals surface area contributed by atoms with Crippen molar-refractivity contribution in [3.05, 3.63) is 203 Å². The SMILES string of the molecule is c1ccc(-c2ccc(CCc3cc(CCc4ccc(-c5ccccc5)nc4)cc(CCc4ccc(-c5ccccc5)nc4)c3)cc2)cc1. The number of rotatable bonds is 12. The van der Waals surface area contributed by atoms with Crippen LogP contribution in [0.3, 0.4) is 0 Å². The van der Waals surface area contributed by atoms with Crippen LogP contribution in [0.4, 0.5) is 0 Å². The van der Waals surface area contributed by atoms with Gasteiger partial charge in [-0.05, 0) is 95.2 Å². The van der Waals surface area contributed by atoms with Gasteiger partial charge in [-0.3, -0.25) is 9.97 Å². The summed E-state index contributed by atoms with van der Waals surface area (Å²) in [5.41, 5.74) is 15.0. The van der Waals surface area contributed by atoms with E-state index < -0.39 is 0 Å². The molecule has 0 N–H and O–H groups in total. The first-order chi connectivity index (χ1) is 23.7. The van der Waals surface area contributed by atoms with Crippen LogP contribution in [0.5, 0.6) is 0 Å². The van der Waals surface area contributed by atoms with E-state index in [1.807, 2.05) is 24.5 Å². The van der Waals surface area contributed by atoms with Crippen LogP contribution in [0.25, 0.3) is 33.6 Å². The molecule has 0 amide bonds. The third kappa shape index (κ3) is 8.21. The van der Waals surface area contributed by atoms with Crippen LogP contribution in [-0.2, 0) is 38.5 Å². The van der Waals surface area contributed by atoms with Crippen molar-refractivity contribution in [3.63, 3.8) is 0 Å². The van der Waals surface area contributed by atoms with Crippen LogP contribution in [0.1, 0.15) is 33.4 Å². The zero-order valence-electron chi connectivity index (χ0n) is 27.3. The lowest BCUT2D eigenvalue weighted by molar-refractivity contribution is 0.899. The lowest BCUT2D eigenvalue weighted by atomic mass is 9.94. The van der Waals surface area contributed by atoms with Crippen molar-refractivity contribution in [2.45, 2.75) is 38.5 Å². The van der Waals surface area contributed by atoms with Crippen LogP contribution in [0, 0.1) is 0 Å². The summed E-state index contributed by atoms with van der Waals surface area (Å²) in [6, 6.07) is 56.4. The molecule has 7 aromatic rings. The highest BCUT2D eigenvalue weighted by atomic mass is 14.7. The minimum atomic E-state index is 0.969. The maximum atomic E-state index is 4.77. The van der Waals surface area contributed by atoms with Gasteiger partial charge in [0.15, 0.2) is 0 Å². The summed E-state index contributed by atoms with van der Waals surface area (Å²) in [6.07, 6.45) is 10.0. The van der Waals surface area contributed by atoms with E-state index in [4.69, 9.17) is 9.97 Å². The van der Waals surface area contributed by atoms with Gasteiger partial charge in [0, 0.05) is 23.5 Å². The van der Waals surface area contributed by atoms with Crippen molar-refractivity contribution in [3.8, 4) is 33.6 Å². The predicted octanol–water partition coefficient (Wildman–Crippen LogP) is 10.8. The van der Waals surface area contributed by atoms with E-state index in [1.54, 1.807) is 0 Å². The van der Waals surface area contributed by atoms with Crippen molar-refractivity contribution in [2.75, 3.05) is 0 Å². The molecule has 0 bridgehead atoms. The number of nitrogens with zero attached hydrogens (tertiary/aromatic N) is 2. The summed E-state index contributed by atoms with van der Waals surface area (Å²) >= 11 is 0. The second-order valence-corrected chi connectivity index (χ2v) is 12.6. The second-order valence-electron chi connectivity index (χ2n) is 12.6. The topological polar surface area (TPSA) is 25.8 Å². The van der Waals surface area contributed by atoms with Crippen LogP contribution in [0.15, 0.2) is 170 Å². The van der Waals surface area contributed by atoms with Gasteiger partial charge in [0.25, 0.3) is 0 Å². The number of hydrogen-bond donors (Lipinski definition) is 0. The van der Waals surface area contributed by atoms with Crippen LogP contribution in [0.2, 0.25) is 0 Å². The van der Waals surface area contributed by atoms with Gasteiger partial charge in [0.1, 0.15) is 0 Å². The van der Waals surface area contributed by atoms with E-state index in [0.29, 0.717) is 0 Å². The summed E-state index contributed by atoms with van der Waals surface area (Å²) in [5, 5.41) is 0. The van der Waals surface area contributed by atoms with Crippen molar-refractivity contribution in [1.82, 2.24) is 9.97 Å². The molecule has 0 aliphatic heterocycles. The van der Waals surface area contributed by atoms with Crippen molar-refractivity contribution in [1.29, 1.82) is 0 Å². The van der Waals surface area contributed by atoms with Crippen LogP contribution < -0.4 is 0 Å². The zero-order chi connectivity index (χ0) is 32.4. The minimum Gasteiger partial charge on any atom is -0.256 e. The van der Waals surface area contributed by atoms with Crippen molar-refractivity contribution >= 4 is 0 Å². The Kier molecular flexibility index (Phi) is 9.91. The Morgan fingerprint density at radius 1 is 0.271 bits per heavy atom. The maximum absolute atomic E-state index is 4.77. The second kappa shape index (κ2) is 15.3. The average Bonchev–Trinajstić information content (AvgIpc) is 3.17. The molecule has 0 saturated heterocycles. The highest BCUT2D eigenvalue weighted by molar-refractivity contribution is 5.63. The molecule has 0 radical (unpaired) electrons. The smallest absolute Gasteiger partial charge is 0.0702 e. The number of aryl methyl sites for hydroxylation is 6. The Bertz CT molecular complexity index is 1760. The molecule has 2 aromatic heterocycles. The molecule has 0 spiro atoms. The van der Waals surface area contributed by atoms with Gasteiger partial charge >= 0.3 is 0 Å². The lowest BCUT2D eigenvalue weighted by Crippen LogP contribution is -2.00. The average molecular weight is 621 g/mol. The Morgan fingerprint density at radius 3 is 1.00 bits per heavy atom. The normalized spacial score (nSPS) is 11.0. The number of hydrogen-bond acceptors (Lipinski definition) is 2. The maximum Gasteiger partial charge on any atom is 0.0702 e. The third-order valence-electron chi connectivity index (χ3n) is 9.07. The molecule has 5 aromatic carbocycles. The molecule has 0 aliphatic carbocycles. The highest BCUT2D eigenvalue weighted by Gasteiger charge is 2.07. The highest BCUT2D eigenvalue weighted by Crippen LogP contribution is 2.23. The number of aromatic nitrogens is 2. The molecule has 2 nitrogen and oxygen atoms in total. The third-order valence-corrected chi connectivity index (χ3v) is 9.07. The van der Waals surface area contributed by atoms with Crippen LogP contribution in [-0.4, -0.2) is 9.97 Å². The molecular formula is C46H40N2. The van der Waals surface area contributed by atoms with E-state index in [1.165, 1.54) is 44.5 Å². The summed E-state index contributed by atoms with van der Waals surface area (Å²) in [4.78, 5) is 9.53. The molecule has 0 atom stereocenters. The summed E-state index contributed by atoms with van der Waals surface area (Å²) in [7, 11) is 0. The van der Waals surface area contributed by atoms with Gasteiger partial charge < -0.3 is 0 Å². The molecule has 0 saturated carbocycles. The monoisotopic (exact) mass is 620 g/mol. The zero-order valence-corrected chi connectivity index (χ0v) is 27.3. The molecule has 2 heteroatoms. The molecule has 7 rings (SSSR count). The molecule has 0 unspecified atom stereocenters. The summed E-state index contributed by atoms with van der Waals surface area (Å²) < 4.78 is 0. The van der Waals surface area contributed by atoms with Crippen molar-refractivity contribution in [2.24, 2.45) is 0 Å². The first-order valence-corrected chi connectivity index (χ1v) is 17.0. The largest absolute Gasteiger partial charge is 0.256 e. The van der Waals surface area contributed by atoms with E-state index in [-0.39, 0.29) is 0 Å². The standard InChI is InChI=1S/C46H40N2/c1-4-10-41(11-5-1)42-26-22-35(23-27-42)16-19-38-30-39(20-17-36-24-28-45(47-33-36)43-12-6-2-7-13-43)32-40(31-38)21-18-37-25-29-46(48-34-37)44-14-8-3-9-15-44/h1-15,22-34H,16-21H2. The van der Waals surface area contributed by atoms with Gasteiger partial charge in [-0.15, -0.1) is 0 Å². The fourth-order valence-electron chi connectivity index (χ4n) is 6.34. The molecule has 0 aliphatic rings. The molecule has 234 valence electrons. The first kappa shape index (κ1) is 31.0. The van der Waals surface area contributed by atoms with Gasteiger partial charge in [-0.2, -0.15) is 0 Å².